The predicted molar refractivity (Wildman–Crippen MR) is 79.3 cm³/mol. The first-order valence-electron chi connectivity index (χ1n) is 7.06. The van der Waals surface area contributed by atoms with Gasteiger partial charge in [0.15, 0.2) is 5.82 Å². The molecule has 2 heterocycles. The molecule has 0 spiro atoms. The van der Waals surface area contributed by atoms with E-state index in [9.17, 15) is 4.79 Å². The number of anilines is 1. The van der Waals surface area contributed by atoms with Crippen molar-refractivity contribution in [2.45, 2.75) is 32.0 Å². The van der Waals surface area contributed by atoms with Crippen LogP contribution in [0.2, 0.25) is 0 Å². The van der Waals surface area contributed by atoms with Gasteiger partial charge in [0.25, 0.3) is 5.56 Å². The zero-order valence-corrected chi connectivity index (χ0v) is 12.7. The molecular formula is C14H24N4O2. The van der Waals surface area contributed by atoms with E-state index in [4.69, 9.17) is 4.74 Å². The molecule has 1 aromatic rings. The summed E-state index contributed by atoms with van der Waals surface area (Å²) in [7, 11) is 5.78. The number of methoxy groups -OCH3 is 1. The predicted octanol–water partition coefficient (Wildman–Crippen LogP) is 0.419. The Morgan fingerprint density at radius 1 is 1.55 bits per heavy atom. The van der Waals surface area contributed by atoms with Crippen molar-refractivity contribution in [3.05, 3.63) is 22.7 Å². The van der Waals surface area contributed by atoms with Gasteiger partial charge in [-0.2, -0.15) is 0 Å². The van der Waals surface area contributed by atoms with E-state index in [1.54, 1.807) is 24.1 Å². The minimum atomic E-state index is -0.0264. The summed E-state index contributed by atoms with van der Waals surface area (Å²) in [5.41, 5.74) is -0.0264. The third-order valence-electron chi connectivity index (χ3n) is 4.07. The van der Waals surface area contributed by atoms with Gasteiger partial charge in [-0.1, -0.05) is 0 Å². The van der Waals surface area contributed by atoms with Crippen LogP contribution in [-0.2, 0) is 11.3 Å². The van der Waals surface area contributed by atoms with E-state index < -0.39 is 0 Å². The minimum Gasteiger partial charge on any atom is -0.380 e. The van der Waals surface area contributed by atoms with Crippen molar-refractivity contribution in [3.8, 4) is 0 Å². The van der Waals surface area contributed by atoms with Gasteiger partial charge in [-0.3, -0.25) is 9.69 Å². The van der Waals surface area contributed by atoms with Crippen LogP contribution in [0, 0.1) is 0 Å². The molecule has 0 radical (unpaired) electrons. The van der Waals surface area contributed by atoms with Crippen molar-refractivity contribution in [1.82, 2.24) is 14.5 Å². The summed E-state index contributed by atoms with van der Waals surface area (Å²) < 4.78 is 7.09. The molecule has 6 heteroatoms. The van der Waals surface area contributed by atoms with Crippen molar-refractivity contribution in [2.75, 3.05) is 39.2 Å². The summed E-state index contributed by atoms with van der Waals surface area (Å²) >= 11 is 0. The average Bonchev–Trinajstić information content (AvgIpc) is 2.79. The maximum Gasteiger partial charge on any atom is 0.293 e. The molecule has 20 heavy (non-hydrogen) atoms. The highest BCUT2D eigenvalue weighted by atomic mass is 16.5. The van der Waals surface area contributed by atoms with E-state index in [0.717, 1.165) is 19.5 Å². The van der Waals surface area contributed by atoms with Crippen LogP contribution in [0.15, 0.2) is 17.2 Å². The number of likely N-dealkylation sites (N-methyl/N-ethyl adjacent to an activating group) is 2. The minimum absolute atomic E-state index is 0.0264. The number of rotatable bonds is 5. The lowest BCUT2D eigenvalue weighted by molar-refractivity contribution is 0.111. The normalized spacial score (nSPS) is 23.2. The van der Waals surface area contributed by atoms with E-state index in [2.05, 4.69) is 16.9 Å². The summed E-state index contributed by atoms with van der Waals surface area (Å²) in [5, 5.41) is 0. The van der Waals surface area contributed by atoms with Crippen molar-refractivity contribution in [3.63, 3.8) is 0 Å². The van der Waals surface area contributed by atoms with Crippen LogP contribution in [0.3, 0.4) is 0 Å². The highest BCUT2D eigenvalue weighted by molar-refractivity contribution is 5.34. The van der Waals surface area contributed by atoms with Gasteiger partial charge < -0.3 is 14.2 Å². The van der Waals surface area contributed by atoms with E-state index in [1.165, 1.54) is 0 Å². The fourth-order valence-electron chi connectivity index (χ4n) is 2.76. The molecule has 0 aliphatic carbocycles. The summed E-state index contributed by atoms with van der Waals surface area (Å²) in [6.07, 6.45) is 4.69. The Kier molecular flexibility index (Phi) is 4.77. The lowest BCUT2D eigenvalue weighted by Gasteiger charge is -2.26. The third kappa shape index (κ3) is 3.02. The van der Waals surface area contributed by atoms with Crippen LogP contribution in [-0.4, -0.2) is 60.9 Å². The Labute approximate surface area is 120 Å². The first-order chi connectivity index (χ1) is 9.56. The summed E-state index contributed by atoms with van der Waals surface area (Å²) in [4.78, 5) is 20.7. The second-order valence-corrected chi connectivity index (χ2v) is 5.41. The number of hydrogen-bond donors (Lipinski definition) is 0. The summed E-state index contributed by atoms with van der Waals surface area (Å²) in [6.45, 7) is 4.35. The molecule has 2 rings (SSSR count). The number of nitrogens with zero attached hydrogens (tertiary/aromatic N) is 4. The quantitative estimate of drug-likeness (QED) is 0.782. The number of aromatic nitrogens is 2. The largest absolute Gasteiger partial charge is 0.380 e. The standard InChI is InChI=1S/C14H24N4O2/c1-5-18-7-6-15-13(14(18)19)17(3)9-11-8-12(20-4)10-16(11)2/h6-7,11-12H,5,8-10H2,1-4H3/t11-,12-/m0/s1. The van der Waals surface area contributed by atoms with Gasteiger partial charge in [-0.25, -0.2) is 4.98 Å². The molecule has 112 valence electrons. The lowest BCUT2D eigenvalue weighted by atomic mass is 10.2. The SMILES string of the molecule is CCn1ccnc(N(C)C[C@@H]2C[C@H](OC)CN2C)c1=O. The van der Waals surface area contributed by atoms with Gasteiger partial charge in [0.2, 0.25) is 0 Å². The van der Waals surface area contributed by atoms with E-state index >= 15 is 0 Å². The molecule has 1 aliphatic rings. The van der Waals surface area contributed by atoms with Crippen LogP contribution in [0.1, 0.15) is 13.3 Å². The number of hydrogen-bond acceptors (Lipinski definition) is 5. The Morgan fingerprint density at radius 3 is 2.90 bits per heavy atom. The topological polar surface area (TPSA) is 50.6 Å². The van der Waals surface area contributed by atoms with Gasteiger partial charge >= 0.3 is 0 Å². The van der Waals surface area contributed by atoms with Crippen LogP contribution >= 0.6 is 0 Å². The van der Waals surface area contributed by atoms with Gasteiger partial charge in [0, 0.05) is 52.2 Å². The molecular weight excluding hydrogens is 256 g/mol. The molecule has 0 saturated carbocycles. The van der Waals surface area contributed by atoms with Crippen molar-refractivity contribution >= 4 is 5.82 Å². The smallest absolute Gasteiger partial charge is 0.293 e. The van der Waals surface area contributed by atoms with Crippen molar-refractivity contribution in [1.29, 1.82) is 0 Å². The number of aryl methyl sites for hydroxylation is 1. The highest BCUT2D eigenvalue weighted by Gasteiger charge is 2.30. The molecule has 0 aromatic carbocycles. The Morgan fingerprint density at radius 2 is 2.30 bits per heavy atom. The Bertz CT molecular complexity index is 502. The second kappa shape index (κ2) is 6.37. The van der Waals surface area contributed by atoms with E-state index in [-0.39, 0.29) is 11.7 Å². The first-order valence-corrected chi connectivity index (χ1v) is 7.06. The zero-order chi connectivity index (χ0) is 14.7. The molecule has 2 atom stereocenters. The first kappa shape index (κ1) is 15.0. The number of likely N-dealkylation sites (tertiary alicyclic amines) is 1. The molecule has 1 fully saturated rings. The monoisotopic (exact) mass is 280 g/mol. The lowest BCUT2D eigenvalue weighted by Crippen LogP contribution is -2.39. The van der Waals surface area contributed by atoms with Crippen LogP contribution in [0.25, 0.3) is 0 Å². The fraction of sp³-hybridized carbons (Fsp3) is 0.714. The molecule has 1 aromatic heterocycles. The molecule has 0 N–H and O–H groups in total. The molecule has 1 saturated heterocycles. The van der Waals surface area contributed by atoms with Gasteiger partial charge in [-0.05, 0) is 20.4 Å². The van der Waals surface area contributed by atoms with Gasteiger partial charge in [-0.15, -0.1) is 0 Å². The van der Waals surface area contributed by atoms with Crippen LogP contribution in [0.5, 0.6) is 0 Å². The second-order valence-electron chi connectivity index (χ2n) is 5.41. The average molecular weight is 280 g/mol. The molecule has 0 amide bonds. The van der Waals surface area contributed by atoms with Crippen molar-refractivity contribution in [2.24, 2.45) is 0 Å². The van der Waals surface area contributed by atoms with Gasteiger partial charge in [0.1, 0.15) is 0 Å². The van der Waals surface area contributed by atoms with E-state index in [1.807, 2.05) is 18.9 Å². The maximum atomic E-state index is 12.2. The Hall–Kier alpha value is -1.40. The van der Waals surface area contributed by atoms with Crippen LogP contribution in [0.4, 0.5) is 5.82 Å². The Balaban J connectivity index is 2.09. The molecule has 0 unspecified atom stereocenters. The zero-order valence-electron chi connectivity index (χ0n) is 12.7. The molecule has 1 aliphatic heterocycles. The fourth-order valence-corrected chi connectivity index (χ4v) is 2.76. The number of ether oxygens (including phenoxy) is 1. The maximum absolute atomic E-state index is 12.2. The summed E-state index contributed by atoms with van der Waals surface area (Å²) in [5.74, 6) is 0.517. The van der Waals surface area contributed by atoms with Gasteiger partial charge in [0.05, 0.1) is 6.10 Å². The third-order valence-corrected chi connectivity index (χ3v) is 4.07. The van der Waals surface area contributed by atoms with Crippen LogP contribution < -0.4 is 10.5 Å². The highest BCUT2D eigenvalue weighted by Crippen LogP contribution is 2.19. The van der Waals surface area contributed by atoms with Crippen molar-refractivity contribution < 1.29 is 4.74 Å². The summed E-state index contributed by atoms with van der Waals surface area (Å²) in [6, 6.07) is 0.390. The molecule has 0 bridgehead atoms. The molecule has 6 nitrogen and oxygen atoms in total. The van der Waals surface area contributed by atoms with E-state index in [0.29, 0.717) is 18.4 Å².